The van der Waals surface area contributed by atoms with Crippen LogP contribution < -0.4 is 10.1 Å². The van der Waals surface area contributed by atoms with Gasteiger partial charge < -0.3 is 14.8 Å². The lowest BCUT2D eigenvalue weighted by molar-refractivity contribution is -0.143. The van der Waals surface area contributed by atoms with Gasteiger partial charge in [0.05, 0.1) is 0 Å². The maximum Gasteiger partial charge on any atom is 0.325 e. The van der Waals surface area contributed by atoms with Gasteiger partial charge in [-0.3, -0.25) is 9.59 Å². The van der Waals surface area contributed by atoms with Crippen molar-refractivity contribution in [2.75, 3.05) is 19.8 Å². The maximum atomic E-state index is 13.3. The van der Waals surface area contributed by atoms with E-state index in [1.165, 1.54) is 12.1 Å². The van der Waals surface area contributed by atoms with Crippen molar-refractivity contribution in [3.05, 3.63) is 66.0 Å². The molecule has 1 amide bonds. The van der Waals surface area contributed by atoms with Gasteiger partial charge in [-0.1, -0.05) is 30.3 Å². The first-order chi connectivity index (χ1) is 11.2. The summed E-state index contributed by atoms with van der Waals surface area (Å²) in [6, 6.07) is 14.5. The third kappa shape index (κ3) is 5.43. The minimum absolute atomic E-state index is 0.0271. The summed E-state index contributed by atoms with van der Waals surface area (Å²) >= 11 is 0. The summed E-state index contributed by atoms with van der Waals surface area (Å²) in [6.45, 7) is -0.249. The molecule has 0 aromatic heterocycles. The number of nitrogens with one attached hydrogen (secondary N) is 1. The van der Waals surface area contributed by atoms with Crippen molar-refractivity contribution in [3.8, 4) is 5.75 Å². The Balaban J connectivity index is 1.64. The Morgan fingerprint density at radius 2 is 1.65 bits per heavy atom. The molecule has 2 aromatic rings. The largest absolute Gasteiger partial charge is 0.487 e. The van der Waals surface area contributed by atoms with Crippen molar-refractivity contribution in [2.45, 2.75) is 0 Å². The molecule has 5 nitrogen and oxygen atoms in total. The molecule has 6 heteroatoms. The van der Waals surface area contributed by atoms with Gasteiger partial charge in [0.15, 0.2) is 11.6 Å². The van der Waals surface area contributed by atoms with Gasteiger partial charge in [-0.2, -0.15) is 0 Å². The second-order valence-corrected chi connectivity index (χ2v) is 4.55. The number of ether oxygens (including phenoxy) is 2. The molecular weight excluding hydrogens is 301 g/mol. The number of rotatable bonds is 7. The van der Waals surface area contributed by atoms with E-state index in [0.29, 0.717) is 5.56 Å². The fraction of sp³-hybridized carbons (Fsp3) is 0.176. The molecule has 0 saturated carbocycles. The van der Waals surface area contributed by atoms with Crippen LogP contribution in [0.15, 0.2) is 54.6 Å². The van der Waals surface area contributed by atoms with Crippen molar-refractivity contribution >= 4 is 11.9 Å². The van der Waals surface area contributed by atoms with Crippen molar-refractivity contribution in [1.29, 1.82) is 0 Å². The third-order valence-corrected chi connectivity index (χ3v) is 2.87. The molecule has 1 N–H and O–H groups in total. The Morgan fingerprint density at radius 3 is 2.39 bits per heavy atom. The average molecular weight is 317 g/mol. The SMILES string of the molecule is O=C(CNC(=O)c1ccccc1)OCCOc1ccccc1F. The van der Waals surface area contributed by atoms with E-state index in [4.69, 9.17) is 9.47 Å². The Labute approximate surface area is 133 Å². The summed E-state index contributed by atoms with van der Waals surface area (Å²) in [5.41, 5.74) is 0.461. The van der Waals surface area contributed by atoms with E-state index in [1.807, 2.05) is 0 Å². The second kappa shape index (κ2) is 8.53. The van der Waals surface area contributed by atoms with E-state index < -0.39 is 11.8 Å². The summed E-state index contributed by atoms with van der Waals surface area (Å²) in [5.74, 6) is -1.33. The molecule has 0 heterocycles. The Kier molecular flexibility index (Phi) is 6.11. The van der Waals surface area contributed by atoms with Crippen LogP contribution in [0.25, 0.3) is 0 Å². The smallest absolute Gasteiger partial charge is 0.325 e. The lowest BCUT2D eigenvalue weighted by atomic mass is 10.2. The van der Waals surface area contributed by atoms with Crippen LogP contribution in [0, 0.1) is 5.82 Å². The van der Waals surface area contributed by atoms with Gasteiger partial charge in [0.2, 0.25) is 0 Å². The van der Waals surface area contributed by atoms with Gasteiger partial charge in [-0.25, -0.2) is 4.39 Å². The molecule has 120 valence electrons. The van der Waals surface area contributed by atoms with Crippen molar-refractivity contribution in [1.82, 2.24) is 5.32 Å². The highest BCUT2D eigenvalue weighted by Gasteiger charge is 2.08. The van der Waals surface area contributed by atoms with E-state index in [-0.39, 0.29) is 31.4 Å². The van der Waals surface area contributed by atoms with Crippen LogP contribution in [0.4, 0.5) is 4.39 Å². The minimum Gasteiger partial charge on any atom is -0.487 e. The highest BCUT2D eigenvalue weighted by Crippen LogP contribution is 2.14. The molecule has 2 rings (SSSR count). The summed E-state index contributed by atoms with van der Waals surface area (Å²) in [4.78, 5) is 23.2. The van der Waals surface area contributed by atoms with Gasteiger partial charge in [0.25, 0.3) is 5.91 Å². The molecule has 0 aliphatic heterocycles. The molecule has 2 aromatic carbocycles. The molecule has 23 heavy (non-hydrogen) atoms. The van der Waals surface area contributed by atoms with Gasteiger partial charge in [-0.05, 0) is 24.3 Å². The molecule has 0 unspecified atom stereocenters. The van der Waals surface area contributed by atoms with Crippen LogP contribution in [0.5, 0.6) is 5.75 Å². The van der Waals surface area contributed by atoms with E-state index in [9.17, 15) is 14.0 Å². The molecule has 0 spiro atoms. The first-order valence-corrected chi connectivity index (χ1v) is 7.03. The third-order valence-electron chi connectivity index (χ3n) is 2.87. The molecule has 0 saturated heterocycles. The second-order valence-electron chi connectivity index (χ2n) is 4.55. The lowest BCUT2D eigenvalue weighted by Gasteiger charge is -2.08. The Hall–Kier alpha value is -2.89. The molecule has 0 aliphatic carbocycles. The highest BCUT2D eigenvalue weighted by molar-refractivity contribution is 5.95. The topological polar surface area (TPSA) is 64.6 Å². The maximum absolute atomic E-state index is 13.3. The first kappa shape index (κ1) is 16.5. The zero-order valence-electron chi connectivity index (χ0n) is 12.3. The fourth-order valence-electron chi connectivity index (χ4n) is 1.76. The highest BCUT2D eigenvalue weighted by atomic mass is 19.1. The van der Waals surface area contributed by atoms with Crippen LogP contribution >= 0.6 is 0 Å². The van der Waals surface area contributed by atoms with Crippen molar-refractivity contribution in [3.63, 3.8) is 0 Å². The Bertz CT molecular complexity index is 661. The number of benzene rings is 2. The molecular formula is C17H16FNO4. The number of halogens is 1. The summed E-state index contributed by atoms with van der Waals surface area (Å²) in [7, 11) is 0. The number of carbonyl (C=O) groups excluding carboxylic acids is 2. The average Bonchev–Trinajstić information content (AvgIpc) is 2.59. The van der Waals surface area contributed by atoms with E-state index in [2.05, 4.69) is 5.32 Å². The van der Waals surface area contributed by atoms with Crippen LogP contribution in [-0.4, -0.2) is 31.6 Å². The quantitative estimate of drug-likeness (QED) is 0.628. The van der Waals surface area contributed by atoms with E-state index >= 15 is 0 Å². The minimum atomic E-state index is -0.591. The first-order valence-electron chi connectivity index (χ1n) is 7.03. The van der Waals surface area contributed by atoms with E-state index in [0.717, 1.165) is 0 Å². The monoisotopic (exact) mass is 317 g/mol. The van der Waals surface area contributed by atoms with Crippen LogP contribution in [-0.2, 0) is 9.53 Å². The van der Waals surface area contributed by atoms with Crippen molar-refractivity contribution < 1.29 is 23.5 Å². The normalized spacial score (nSPS) is 9.96. The molecule has 0 fully saturated rings. The number of esters is 1. The standard InChI is InChI=1S/C17H16FNO4/c18-14-8-4-5-9-15(14)22-10-11-23-16(20)12-19-17(21)13-6-2-1-3-7-13/h1-9H,10-12H2,(H,19,21). The lowest BCUT2D eigenvalue weighted by Crippen LogP contribution is -2.31. The van der Waals surface area contributed by atoms with Crippen LogP contribution in [0.3, 0.4) is 0 Å². The predicted octanol–water partition coefficient (Wildman–Crippen LogP) is 2.18. The van der Waals surface area contributed by atoms with E-state index in [1.54, 1.807) is 42.5 Å². The predicted molar refractivity (Wildman–Crippen MR) is 81.6 cm³/mol. The summed E-state index contributed by atoms with van der Waals surface area (Å²) < 4.78 is 23.3. The number of hydrogen-bond donors (Lipinski definition) is 1. The van der Waals surface area contributed by atoms with Crippen molar-refractivity contribution in [2.24, 2.45) is 0 Å². The summed E-state index contributed by atoms with van der Waals surface area (Å²) in [6.07, 6.45) is 0. The molecule has 0 bridgehead atoms. The van der Waals surface area contributed by atoms with Crippen LogP contribution in [0.2, 0.25) is 0 Å². The van der Waals surface area contributed by atoms with Gasteiger partial charge in [0.1, 0.15) is 19.8 Å². The number of para-hydroxylation sites is 1. The number of hydrogen-bond acceptors (Lipinski definition) is 4. The van der Waals surface area contributed by atoms with Gasteiger partial charge in [-0.15, -0.1) is 0 Å². The number of amides is 1. The van der Waals surface area contributed by atoms with Gasteiger partial charge >= 0.3 is 5.97 Å². The summed E-state index contributed by atoms with van der Waals surface area (Å²) in [5, 5.41) is 2.45. The number of carbonyl (C=O) groups is 2. The fourth-order valence-corrected chi connectivity index (χ4v) is 1.76. The zero-order chi connectivity index (χ0) is 16.5. The molecule has 0 atom stereocenters. The van der Waals surface area contributed by atoms with Gasteiger partial charge in [0, 0.05) is 5.56 Å². The molecule has 0 aliphatic rings. The van der Waals surface area contributed by atoms with Crippen LogP contribution in [0.1, 0.15) is 10.4 Å². The Morgan fingerprint density at radius 1 is 0.957 bits per heavy atom. The zero-order valence-corrected chi connectivity index (χ0v) is 12.3. The molecule has 0 radical (unpaired) electrons.